The normalized spacial score (nSPS) is 14.4. The molecule has 1 aliphatic carbocycles. The van der Waals surface area contributed by atoms with Crippen LogP contribution in [0.4, 0.5) is 13.9 Å². The van der Waals surface area contributed by atoms with Crippen LogP contribution in [0.1, 0.15) is 36.0 Å². The maximum atomic E-state index is 13.5. The minimum absolute atomic E-state index is 0.104. The number of sulfonamides is 1. The fourth-order valence-electron chi connectivity index (χ4n) is 3.64. The topological polar surface area (TPSA) is 97.4 Å². The summed E-state index contributed by atoms with van der Waals surface area (Å²) in [6.07, 6.45) is 3.47. The van der Waals surface area contributed by atoms with Crippen molar-refractivity contribution in [2.75, 3.05) is 12.4 Å². The van der Waals surface area contributed by atoms with Crippen LogP contribution >= 0.6 is 11.3 Å². The van der Waals surface area contributed by atoms with Crippen LogP contribution in [-0.4, -0.2) is 32.5 Å². The van der Waals surface area contributed by atoms with E-state index in [2.05, 4.69) is 15.0 Å². The van der Waals surface area contributed by atoms with Crippen LogP contribution in [0.25, 0.3) is 11.3 Å². The highest BCUT2D eigenvalue weighted by Gasteiger charge is 2.27. The number of anilines is 1. The number of nitrogens with one attached hydrogen (secondary N) is 2. The van der Waals surface area contributed by atoms with Crippen LogP contribution < -0.4 is 14.8 Å². The molecule has 0 atom stereocenters. The van der Waals surface area contributed by atoms with E-state index in [1.54, 1.807) is 5.38 Å². The number of thiazole rings is 1. The Hall–Kier alpha value is -2.89. The summed E-state index contributed by atoms with van der Waals surface area (Å²) in [5.74, 6) is -2.40. The molecule has 1 saturated carbocycles. The number of benzene rings is 2. The first kappa shape index (κ1) is 23.3. The second-order valence-electron chi connectivity index (χ2n) is 7.59. The number of rotatable bonds is 7. The van der Waals surface area contributed by atoms with Crippen molar-refractivity contribution in [1.29, 1.82) is 0 Å². The van der Waals surface area contributed by atoms with Crippen molar-refractivity contribution in [3.8, 4) is 17.0 Å². The summed E-state index contributed by atoms with van der Waals surface area (Å²) in [6.45, 7) is 0. The number of halogens is 2. The number of methoxy groups -OCH3 is 1. The molecule has 1 amide bonds. The number of ether oxygens (including phenoxy) is 1. The highest BCUT2D eigenvalue weighted by Crippen LogP contribution is 2.29. The zero-order valence-corrected chi connectivity index (χ0v) is 19.2. The van der Waals surface area contributed by atoms with Gasteiger partial charge in [-0.25, -0.2) is 26.9 Å². The third kappa shape index (κ3) is 5.21. The van der Waals surface area contributed by atoms with Gasteiger partial charge in [0.05, 0.1) is 12.8 Å². The van der Waals surface area contributed by atoms with Gasteiger partial charge in [-0.05, 0) is 49.2 Å². The molecular formula is C22H21F2N3O4S2. The van der Waals surface area contributed by atoms with Gasteiger partial charge in [0.1, 0.15) is 10.6 Å². The Bertz CT molecular complexity index is 1290. The van der Waals surface area contributed by atoms with E-state index in [4.69, 9.17) is 4.74 Å². The number of hydrogen-bond donors (Lipinski definition) is 2. The van der Waals surface area contributed by atoms with Crippen molar-refractivity contribution in [1.82, 2.24) is 9.71 Å². The van der Waals surface area contributed by atoms with E-state index in [1.165, 1.54) is 31.4 Å². The number of aromatic nitrogens is 1. The molecule has 0 radical (unpaired) electrons. The zero-order chi connectivity index (χ0) is 23.6. The van der Waals surface area contributed by atoms with Gasteiger partial charge in [-0.1, -0.05) is 12.8 Å². The van der Waals surface area contributed by atoms with E-state index in [0.29, 0.717) is 11.3 Å². The lowest BCUT2D eigenvalue weighted by atomic mass is 10.2. The van der Waals surface area contributed by atoms with Gasteiger partial charge in [-0.2, -0.15) is 0 Å². The lowest BCUT2D eigenvalue weighted by Gasteiger charge is -2.15. The van der Waals surface area contributed by atoms with Crippen molar-refractivity contribution < 1.29 is 26.7 Å². The van der Waals surface area contributed by atoms with E-state index in [0.717, 1.165) is 49.2 Å². The van der Waals surface area contributed by atoms with Crippen LogP contribution in [0.3, 0.4) is 0 Å². The molecule has 0 spiro atoms. The van der Waals surface area contributed by atoms with E-state index >= 15 is 0 Å². The van der Waals surface area contributed by atoms with Crippen molar-refractivity contribution >= 4 is 32.4 Å². The summed E-state index contributed by atoms with van der Waals surface area (Å²) < 4.78 is 60.4. The number of hydrogen-bond acceptors (Lipinski definition) is 6. The number of nitrogens with zero attached hydrogens (tertiary/aromatic N) is 1. The molecule has 2 aromatic carbocycles. The molecule has 174 valence electrons. The SMILES string of the molecule is COc1ccc(C(=O)Nc2nc(-c3ccc(F)c(F)c3)cs2)cc1S(=O)(=O)NC1CCCC1. The van der Waals surface area contributed by atoms with Gasteiger partial charge < -0.3 is 4.74 Å². The first-order valence-electron chi connectivity index (χ1n) is 10.2. The monoisotopic (exact) mass is 493 g/mol. The molecule has 4 rings (SSSR count). The van der Waals surface area contributed by atoms with Gasteiger partial charge in [0, 0.05) is 22.5 Å². The largest absolute Gasteiger partial charge is 0.495 e. The molecule has 1 aromatic heterocycles. The van der Waals surface area contributed by atoms with Gasteiger partial charge >= 0.3 is 0 Å². The van der Waals surface area contributed by atoms with Crippen LogP contribution in [0.2, 0.25) is 0 Å². The first-order chi connectivity index (χ1) is 15.8. The summed E-state index contributed by atoms with van der Waals surface area (Å²) in [5, 5.41) is 4.43. The molecule has 0 bridgehead atoms. The van der Waals surface area contributed by atoms with Gasteiger partial charge in [0.25, 0.3) is 5.91 Å². The Morgan fingerprint density at radius 1 is 1.12 bits per heavy atom. The van der Waals surface area contributed by atoms with Crippen LogP contribution in [0, 0.1) is 11.6 Å². The van der Waals surface area contributed by atoms with Crippen molar-refractivity contribution in [2.24, 2.45) is 0 Å². The molecule has 1 aliphatic rings. The lowest BCUT2D eigenvalue weighted by Crippen LogP contribution is -2.33. The van der Waals surface area contributed by atoms with Gasteiger partial charge in [0.15, 0.2) is 16.8 Å². The average molecular weight is 494 g/mol. The first-order valence-corrected chi connectivity index (χ1v) is 12.6. The second kappa shape index (κ2) is 9.54. The highest BCUT2D eigenvalue weighted by molar-refractivity contribution is 7.89. The Kier molecular flexibility index (Phi) is 6.73. The molecule has 0 unspecified atom stereocenters. The lowest BCUT2D eigenvalue weighted by molar-refractivity contribution is 0.102. The van der Waals surface area contributed by atoms with Gasteiger partial charge in [-0.3, -0.25) is 10.1 Å². The van der Waals surface area contributed by atoms with E-state index < -0.39 is 27.6 Å². The highest BCUT2D eigenvalue weighted by atomic mass is 32.2. The molecule has 1 heterocycles. The molecule has 11 heteroatoms. The minimum atomic E-state index is -3.89. The summed E-state index contributed by atoms with van der Waals surface area (Å²) >= 11 is 1.10. The second-order valence-corrected chi connectivity index (χ2v) is 10.1. The molecule has 33 heavy (non-hydrogen) atoms. The Balaban J connectivity index is 1.54. The summed E-state index contributed by atoms with van der Waals surface area (Å²) in [7, 11) is -2.53. The maximum absolute atomic E-state index is 13.5. The van der Waals surface area contributed by atoms with E-state index in [1.807, 2.05) is 0 Å². The smallest absolute Gasteiger partial charge is 0.257 e. The summed E-state index contributed by atoms with van der Waals surface area (Å²) in [4.78, 5) is 16.9. The zero-order valence-electron chi connectivity index (χ0n) is 17.6. The molecule has 0 aliphatic heterocycles. The summed E-state index contributed by atoms with van der Waals surface area (Å²) in [5.41, 5.74) is 0.835. The van der Waals surface area contributed by atoms with Crippen molar-refractivity contribution in [2.45, 2.75) is 36.6 Å². The van der Waals surface area contributed by atoms with Gasteiger partial charge in [-0.15, -0.1) is 11.3 Å². The Morgan fingerprint density at radius 2 is 1.88 bits per heavy atom. The quantitative estimate of drug-likeness (QED) is 0.503. The third-order valence-electron chi connectivity index (χ3n) is 5.33. The van der Waals surface area contributed by atoms with E-state index in [9.17, 15) is 22.0 Å². The van der Waals surface area contributed by atoms with Crippen molar-refractivity contribution in [3.63, 3.8) is 0 Å². The van der Waals surface area contributed by atoms with Crippen LogP contribution in [0.15, 0.2) is 46.7 Å². The fraction of sp³-hybridized carbons (Fsp3) is 0.273. The number of carbonyl (C=O) groups is 1. The average Bonchev–Trinajstić information content (AvgIpc) is 3.47. The predicted octanol–water partition coefficient (Wildman–Crippen LogP) is 4.57. The van der Waals surface area contributed by atoms with E-state index in [-0.39, 0.29) is 27.4 Å². The predicted molar refractivity (Wildman–Crippen MR) is 121 cm³/mol. The fourth-order valence-corrected chi connectivity index (χ4v) is 5.86. The standard InChI is InChI=1S/C22H21F2N3O4S2/c1-31-19-9-7-14(11-20(19)33(29,30)27-15-4-2-3-5-15)21(28)26-22-25-18(12-32-22)13-6-8-16(23)17(24)10-13/h6-12,15,27H,2-5H2,1H3,(H,25,26,28). The third-order valence-corrected chi connectivity index (χ3v) is 7.63. The molecular weight excluding hydrogens is 472 g/mol. The van der Waals surface area contributed by atoms with Crippen LogP contribution in [-0.2, 0) is 10.0 Å². The molecule has 0 saturated heterocycles. The summed E-state index contributed by atoms with van der Waals surface area (Å²) in [6, 6.07) is 7.41. The molecule has 3 aromatic rings. The Labute approximate surface area is 193 Å². The van der Waals surface area contributed by atoms with Crippen LogP contribution in [0.5, 0.6) is 5.75 Å². The maximum Gasteiger partial charge on any atom is 0.257 e. The molecule has 7 nitrogen and oxygen atoms in total. The van der Waals surface area contributed by atoms with Crippen molar-refractivity contribution in [3.05, 3.63) is 59.0 Å². The minimum Gasteiger partial charge on any atom is -0.495 e. The van der Waals surface area contributed by atoms with Gasteiger partial charge in [0.2, 0.25) is 10.0 Å². The Morgan fingerprint density at radius 3 is 2.58 bits per heavy atom. The number of amides is 1. The number of carbonyl (C=O) groups excluding carboxylic acids is 1. The molecule has 1 fully saturated rings. The molecule has 2 N–H and O–H groups in total.